The molecule has 5 heteroatoms. The molecular weight excluding hydrogens is 388 g/mol. The van der Waals surface area contributed by atoms with Crippen molar-refractivity contribution in [3.05, 3.63) is 89.7 Å². The number of hydrogen-bond donors (Lipinski definition) is 1. The molecule has 1 heterocycles. The van der Waals surface area contributed by atoms with Crippen LogP contribution in [0, 0.1) is 13.8 Å². The molecule has 1 N–H and O–H groups in total. The van der Waals surface area contributed by atoms with Crippen LogP contribution in [0.4, 0.5) is 5.69 Å². The van der Waals surface area contributed by atoms with Crippen LogP contribution < -0.4 is 10.1 Å². The van der Waals surface area contributed by atoms with Gasteiger partial charge in [-0.1, -0.05) is 29.8 Å². The van der Waals surface area contributed by atoms with Gasteiger partial charge in [0, 0.05) is 16.8 Å². The lowest BCUT2D eigenvalue weighted by atomic mass is 10.0. The second kappa shape index (κ2) is 8.88. The van der Waals surface area contributed by atoms with Crippen molar-refractivity contribution < 1.29 is 13.9 Å². The van der Waals surface area contributed by atoms with Crippen molar-refractivity contribution in [1.82, 2.24) is 4.98 Å². The van der Waals surface area contributed by atoms with E-state index in [0.717, 1.165) is 39.4 Å². The molecule has 0 unspecified atom stereocenters. The van der Waals surface area contributed by atoms with Crippen LogP contribution >= 0.6 is 0 Å². The average molecular weight is 412 g/mol. The number of carbonyl (C=O) groups is 1. The fraction of sp³-hybridized carbons (Fsp3) is 0.154. The molecule has 1 aromatic heterocycles. The molecule has 0 spiro atoms. The summed E-state index contributed by atoms with van der Waals surface area (Å²) in [5, 5.41) is 2.92. The molecule has 0 aliphatic rings. The van der Waals surface area contributed by atoms with Crippen molar-refractivity contribution in [2.75, 3.05) is 12.4 Å². The molecule has 4 rings (SSSR count). The van der Waals surface area contributed by atoms with E-state index in [1.54, 1.807) is 13.4 Å². The number of benzene rings is 3. The normalized spacial score (nSPS) is 10.7. The molecule has 0 atom stereocenters. The van der Waals surface area contributed by atoms with Crippen molar-refractivity contribution in [3.63, 3.8) is 0 Å². The number of nitrogens with zero attached hydrogens (tertiary/aromatic N) is 1. The number of anilines is 1. The summed E-state index contributed by atoms with van der Waals surface area (Å²) in [6, 6.07) is 21.2. The van der Waals surface area contributed by atoms with Gasteiger partial charge < -0.3 is 14.5 Å². The Morgan fingerprint density at radius 2 is 1.84 bits per heavy atom. The highest BCUT2D eigenvalue weighted by atomic mass is 16.5. The van der Waals surface area contributed by atoms with Gasteiger partial charge in [0.1, 0.15) is 17.7 Å². The first-order chi connectivity index (χ1) is 15.0. The molecular formula is C26H24N2O3. The minimum absolute atomic E-state index is 0.0886. The highest BCUT2D eigenvalue weighted by molar-refractivity contribution is 5.92. The molecule has 0 aliphatic carbocycles. The summed E-state index contributed by atoms with van der Waals surface area (Å²) in [6.45, 7) is 4.12. The van der Waals surface area contributed by atoms with Gasteiger partial charge in [0.2, 0.25) is 11.8 Å². The summed E-state index contributed by atoms with van der Waals surface area (Å²) >= 11 is 0. The van der Waals surface area contributed by atoms with Crippen LogP contribution in [0.25, 0.3) is 22.7 Å². The lowest BCUT2D eigenvalue weighted by molar-refractivity contribution is -0.115. The first kappa shape index (κ1) is 20.4. The maximum absolute atomic E-state index is 12.4. The molecule has 0 radical (unpaired) electrons. The molecule has 156 valence electrons. The van der Waals surface area contributed by atoms with E-state index >= 15 is 0 Å². The number of oxazole rings is 1. The topological polar surface area (TPSA) is 64.4 Å². The van der Waals surface area contributed by atoms with Crippen LogP contribution in [0.5, 0.6) is 5.75 Å². The maximum Gasteiger partial charge on any atom is 0.228 e. The molecule has 3 aromatic carbocycles. The fourth-order valence-electron chi connectivity index (χ4n) is 3.41. The van der Waals surface area contributed by atoms with E-state index in [1.807, 2.05) is 48.5 Å². The number of aromatic nitrogens is 1. The van der Waals surface area contributed by atoms with E-state index in [-0.39, 0.29) is 12.3 Å². The number of hydrogen-bond acceptors (Lipinski definition) is 4. The number of amides is 1. The Morgan fingerprint density at radius 1 is 1.03 bits per heavy atom. The summed E-state index contributed by atoms with van der Waals surface area (Å²) in [5.74, 6) is 1.19. The number of carbonyl (C=O) groups excluding carboxylic acids is 1. The molecule has 0 saturated carbocycles. The average Bonchev–Trinajstić information content (AvgIpc) is 3.26. The van der Waals surface area contributed by atoms with Crippen LogP contribution in [0.3, 0.4) is 0 Å². The zero-order valence-corrected chi connectivity index (χ0v) is 17.8. The molecule has 4 aromatic rings. The zero-order valence-electron chi connectivity index (χ0n) is 17.8. The number of rotatable bonds is 6. The van der Waals surface area contributed by atoms with Crippen molar-refractivity contribution >= 4 is 11.6 Å². The van der Waals surface area contributed by atoms with Gasteiger partial charge in [-0.05, 0) is 67.4 Å². The quantitative estimate of drug-likeness (QED) is 0.434. The molecule has 1 amide bonds. The summed E-state index contributed by atoms with van der Waals surface area (Å²) < 4.78 is 10.9. The van der Waals surface area contributed by atoms with Gasteiger partial charge in [0.15, 0.2) is 0 Å². The summed E-state index contributed by atoms with van der Waals surface area (Å²) in [7, 11) is 1.61. The van der Waals surface area contributed by atoms with E-state index in [2.05, 4.69) is 42.3 Å². The minimum atomic E-state index is -0.0886. The Labute approximate surface area is 181 Å². The maximum atomic E-state index is 12.4. The van der Waals surface area contributed by atoms with Crippen LogP contribution in [-0.2, 0) is 11.2 Å². The first-order valence-electron chi connectivity index (χ1n) is 10.1. The summed E-state index contributed by atoms with van der Waals surface area (Å²) in [6.07, 6.45) is 1.96. The standard InChI is InChI=1S/C26H24N2O3/c1-17-7-8-18(2)23(13-17)24-16-31-26(28-24)20-9-11-21(12-10-20)27-25(29)15-19-5-4-6-22(14-19)30-3/h4-14,16H,15H2,1-3H3,(H,27,29). The third-order valence-electron chi connectivity index (χ3n) is 5.09. The lowest BCUT2D eigenvalue weighted by Gasteiger charge is -2.07. The highest BCUT2D eigenvalue weighted by Crippen LogP contribution is 2.28. The van der Waals surface area contributed by atoms with E-state index in [0.29, 0.717) is 5.89 Å². The second-order valence-electron chi connectivity index (χ2n) is 7.51. The molecule has 31 heavy (non-hydrogen) atoms. The Bertz CT molecular complexity index is 1210. The van der Waals surface area contributed by atoms with Gasteiger partial charge in [-0.3, -0.25) is 4.79 Å². The minimum Gasteiger partial charge on any atom is -0.497 e. The molecule has 0 saturated heterocycles. The molecule has 0 aliphatic heterocycles. The van der Waals surface area contributed by atoms with Crippen molar-refractivity contribution in [2.24, 2.45) is 0 Å². The molecule has 5 nitrogen and oxygen atoms in total. The van der Waals surface area contributed by atoms with E-state index in [1.165, 1.54) is 5.56 Å². The van der Waals surface area contributed by atoms with E-state index < -0.39 is 0 Å². The fourth-order valence-corrected chi connectivity index (χ4v) is 3.41. The van der Waals surface area contributed by atoms with E-state index in [4.69, 9.17) is 9.15 Å². The number of nitrogens with one attached hydrogen (secondary N) is 1. The van der Waals surface area contributed by atoms with Crippen molar-refractivity contribution in [3.8, 4) is 28.5 Å². The Morgan fingerprint density at radius 3 is 2.61 bits per heavy atom. The monoisotopic (exact) mass is 412 g/mol. The van der Waals surface area contributed by atoms with Gasteiger partial charge in [-0.25, -0.2) is 4.98 Å². The predicted octanol–water partition coefficient (Wildman–Crippen LogP) is 5.82. The molecule has 0 fully saturated rings. The van der Waals surface area contributed by atoms with Gasteiger partial charge in [0.05, 0.1) is 13.5 Å². The van der Waals surface area contributed by atoms with Gasteiger partial charge in [-0.2, -0.15) is 0 Å². The van der Waals surface area contributed by atoms with Gasteiger partial charge in [-0.15, -0.1) is 0 Å². The van der Waals surface area contributed by atoms with Crippen LogP contribution in [0.1, 0.15) is 16.7 Å². The van der Waals surface area contributed by atoms with Gasteiger partial charge in [0.25, 0.3) is 0 Å². The largest absolute Gasteiger partial charge is 0.497 e. The van der Waals surface area contributed by atoms with Crippen LogP contribution in [0.15, 0.2) is 77.4 Å². The lowest BCUT2D eigenvalue weighted by Crippen LogP contribution is -2.14. The van der Waals surface area contributed by atoms with Crippen molar-refractivity contribution in [2.45, 2.75) is 20.3 Å². The van der Waals surface area contributed by atoms with Gasteiger partial charge >= 0.3 is 0 Å². The van der Waals surface area contributed by atoms with Crippen LogP contribution in [0.2, 0.25) is 0 Å². The Balaban J connectivity index is 1.44. The van der Waals surface area contributed by atoms with Crippen molar-refractivity contribution in [1.29, 1.82) is 0 Å². The second-order valence-corrected chi connectivity index (χ2v) is 7.51. The summed E-state index contributed by atoms with van der Waals surface area (Å²) in [4.78, 5) is 17.0. The number of methoxy groups -OCH3 is 1. The Kier molecular flexibility index (Phi) is 5.85. The SMILES string of the molecule is COc1cccc(CC(=O)Nc2ccc(-c3nc(-c4cc(C)ccc4C)co3)cc2)c1. The third-order valence-corrected chi connectivity index (χ3v) is 5.09. The van der Waals surface area contributed by atoms with Crippen LogP contribution in [-0.4, -0.2) is 18.0 Å². The smallest absolute Gasteiger partial charge is 0.228 e. The first-order valence-corrected chi connectivity index (χ1v) is 10.1. The highest BCUT2D eigenvalue weighted by Gasteiger charge is 2.11. The zero-order chi connectivity index (χ0) is 21.8. The number of aryl methyl sites for hydroxylation is 2. The molecule has 0 bridgehead atoms. The number of ether oxygens (including phenoxy) is 1. The summed E-state index contributed by atoms with van der Waals surface area (Å²) in [5.41, 5.74) is 6.68. The predicted molar refractivity (Wildman–Crippen MR) is 122 cm³/mol. The van der Waals surface area contributed by atoms with E-state index in [9.17, 15) is 4.79 Å². The Hall–Kier alpha value is -3.86. The third kappa shape index (κ3) is 4.83.